The van der Waals surface area contributed by atoms with Gasteiger partial charge in [-0.05, 0) is 25.5 Å². The highest BCUT2D eigenvalue weighted by atomic mass is 16.1. The van der Waals surface area contributed by atoms with Crippen LogP contribution in [0.3, 0.4) is 0 Å². The largest absolute Gasteiger partial charge is 0.312 e. The molecule has 0 saturated carbocycles. The summed E-state index contributed by atoms with van der Waals surface area (Å²) in [6.07, 6.45) is 5.29. The van der Waals surface area contributed by atoms with Crippen molar-refractivity contribution in [2.24, 2.45) is 0 Å². The molecule has 1 saturated heterocycles. The molecule has 1 N–H and O–H groups in total. The van der Waals surface area contributed by atoms with Gasteiger partial charge in [-0.25, -0.2) is 4.68 Å². The van der Waals surface area contributed by atoms with E-state index in [4.69, 9.17) is 0 Å². The quantitative estimate of drug-likeness (QED) is 0.739. The van der Waals surface area contributed by atoms with E-state index in [1.54, 1.807) is 18.3 Å². The summed E-state index contributed by atoms with van der Waals surface area (Å²) in [4.78, 5) is 11.4. The highest BCUT2D eigenvalue weighted by molar-refractivity contribution is 4.86. The molecule has 14 heavy (non-hydrogen) atoms. The van der Waals surface area contributed by atoms with Crippen molar-refractivity contribution in [3.8, 4) is 0 Å². The van der Waals surface area contributed by atoms with Crippen molar-refractivity contribution >= 4 is 0 Å². The van der Waals surface area contributed by atoms with Gasteiger partial charge in [-0.3, -0.25) is 4.79 Å². The Kier molecular flexibility index (Phi) is 2.93. The third-order valence-corrected chi connectivity index (χ3v) is 2.59. The smallest absolute Gasteiger partial charge is 0.266 e. The fourth-order valence-corrected chi connectivity index (χ4v) is 1.81. The average Bonchev–Trinajstić information content (AvgIpc) is 2.23. The lowest BCUT2D eigenvalue weighted by molar-refractivity contribution is 0.345. The maximum atomic E-state index is 11.4. The molecule has 4 heteroatoms. The number of hydrogen-bond acceptors (Lipinski definition) is 3. The van der Waals surface area contributed by atoms with Crippen molar-refractivity contribution in [2.45, 2.75) is 31.8 Å². The van der Waals surface area contributed by atoms with E-state index in [9.17, 15) is 4.79 Å². The van der Waals surface area contributed by atoms with E-state index in [1.165, 1.54) is 17.5 Å². The first kappa shape index (κ1) is 9.40. The monoisotopic (exact) mass is 193 g/mol. The van der Waals surface area contributed by atoms with Crippen molar-refractivity contribution in [3.63, 3.8) is 0 Å². The third kappa shape index (κ3) is 2.20. The van der Waals surface area contributed by atoms with Crippen molar-refractivity contribution < 1.29 is 0 Å². The summed E-state index contributed by atoms with van der Waals surface area (Å²) in [7, 11) is 0. The van der Waals surface area contributed by atoms with Gasteiger partial charge < -0.3 is 5.32 Å². The van der Waals surface area contributed by atoms with Gasteiger partial charge in [0.1, 0.15) is 0 Å². The van der Waals surface area contributed by atoms with Crippen LogP contribution < -0.4 is 10.9 Å². The summed E-state index contributed by atoms with van der Waals surface area (Å²) < 4.78 is 1.53. The second-order valence-corrected chi connectivity index (χ2v) is 3.69. The maximum Gasteiger partial charge on any atom is 0.266 e. The van der Waals surface area contributed by atoms with Crippen LogP contribution in [0.4, 0.5) is 0 Å². The van der Waals surface area contributed by atoms with E-state index in [-0.39, 0.29) is 5.56 Å². The van der Waals surface area contributed by atoms with Gasteiger partial charge in [-0.2, -0.15) is 5.10 Å². The maximum absolute atomic E-state index is 11.4. The zero-order valence-electron chi connectivity index (χ0n) is 8.15. The van der Waals surface area contributed by atoms with Crippen molar-refractivity contribution in [3.05, 3.63) is 28.7 Å². The molecule has 1 atom stereocenters. The predicted molar refractivity (Wildman–Crippen MR) is 54.1 cm³/mol. The molecule has 1 aliphatic heterocycles. The van der Waals surface area contributed by atoms with E-state index in [0.717, 1.165) is 13.0 Å². The number of hydrogen-bond donors (Lipinski definition) is 1. The predicted octanol–water partition coefficient (Wildman–Crippen LogP) is 0.385. The SMILES string of the molecule is O=c1cccnn1CC1CCCCN1. The molecule has 0 spiro atoms. The lowest BCUT2D eigenvalue weighted by atomic mass is 10.1. The Labute approximate surface area is 82.9 Å². The van der Waals surface area contributed by atoms with Crippen LogP contribution in [-0.4, -0.2) is 22.4 Å². The van der Waals surface area contributed by atoms with Crippen LogP contribution in [0.25, 0.3) is 0 Å². The summed E-state index contributed by atoms with van der Waals surface area (Å²) in [5.41, 5.74) is -0.0140. The Morgan fingerprint density at radius 3 is 3.21 bits per heavy atom. The fourth-order valence-electron chi connectivity index (χ4n) is 1.81. The number of aromatic nitrogens is 2. The molecule has 0 radical (unpaired) electrons. The number of piperidine rings is 1. The van der Waals surface area contributed by atoms with E-state index >= 15 is 0 Å². The second kappa shape index (κ2) is 4.37. The molecule has 0 aromatic carbocycles. The first-order valence-electron chi connectivity index (χ1n) is 5.12. The minimum absolute atomic E-state index is 0.0140. The van der Waals surface area contributed by atoms with Gasteiger partial charge in [0, 0.05) is 18.3 Å². The van der Waals surface area contributed by atoms with Crippen LogP contribution in [0, 0.1) is 0 Å². The van der Waals surface area contributed by atoms with Gasteiger partial charge in [0.05, 0.1) is 6.54 Å². The van der Waals surface area contributed by atoms with Crippen LogP contribution >= 0.6 is 0 Å². The van der Waals surface area contributed by atoms with Crippen LogP contribution in [0.1, 0.15) is 19.3 Å². The van der Waals surface area contributed by atoms with Crippen molar-refractivity contribution in [1.82, 2.24) is 15.1 Å². The topological polar surface area (TPSA) is 46.9 Å². The molecule has 0 amide bonds. The van der Waals surface area contributed by atoms with Crippen LogP contribution in [0.15, 0.2) is 23.1 Å². The summed E-state index contributed by atoms with van der Waals surface area (Å²) in [5, 5.41) is 7.43. The first-order valence-corrected chi connectivity index (χ1v) is 5.12. The van der Waals surface area contributed by atoms with Crippen LogP contribution in [0.5, 0.6) is 0 Å². The molecule has 1 aliphatic rings. The summed E-state index contributed by atoms with van der Waals surface area (Å²) in [6.45, 7) is 1.76. The molecule has 1 aromatic heterocycles. The fraction of sp³-hybridized carbons (Fsp3) is 0.600. The van der Waals surface area contributed by atoms with Gasteiger partial charge in [0.15, 0.2) is 0 Å². The highest BCUT2D eigenvalue weighted by Gasteiger charge is 2.13. The molecular formula is C10H15N3O. The average molecular weight is 193 g/mol. The van der Waals surface area contributed by atoms with Gasteiger partial charge in [-0.1, -0.05) is 6.42 Å². The Morgan fingerprint density at radius 2 is 2.50 bits per heavy atom. The van der Waals surface area contributed by atoms with E-state index in [1.807, 2.05) is 0 Å². The lowest BCUT2D eigenvalue weighted by Crippen LogP contribution is -2.40. The van der Waals surface area contributed by atoms with Crippen molar-refractivity contribution in [2.75, 3.05) is 6.54 Å². The molecule has 1 unspecified atom stereocenters. The Bertz CT molecular complexity index is 341. The Hall–Kier alpha value is -1.16. The first-order chi connectivity index (χ1) is 6.86. The van der Waals surface area contributed by atoms with E-state index < -0.39 is 0 Å². The molecular weight excluding hydrogens is 178 g/mol. The van der Waals surface area contributed by atoms with Crippen LogP contribution in [-0.2, 0) is 6.54 Å². The highest BCUT2D eigenvalue weighted by Crippen LogP contribution is 2.07. The summed E-state index contributed by atoms with van der Waals surface area (Å²) in [6, 6.07) is 3.64. The molecule has 2 rings (SSSR count). The summed E-state index contributed by atoms with van der Waals surface area (Å²) >= 11 is 0. The standard InChI is InChI=1S/C10H15N3O/c14-10-5-3-7-12-13(10)8-9-4-1-2-6-11-9/h3,5,7,9,11H,1-2,4,6,8H2. The normalized spacial score (nSPS) is 22.1. The molecule has 4 nitrogen and oxygen atoms in total. The lowest BCUT2D eigenvalue weighted by Gasteiger charge is -2.23. The third-order valence-electron chi connectivity index (χ3n) is 2.59. The van der Waals surface area contributed by atoms with Crippen LogP contribution in [0.2, 0.25) is 0 Å². The number of nitrogens with one attached hydrogen (secondary N) is 1. The summed E-state index contributed by atoms with van der Waals surface area (Å²) in [5.74, 6) is 0. The molecule has 2 heterocycles. The van der Waals surface area contributed by atoms with Gasteiger partial charge in [-0.15, -0.1) is 0 Å². The second-order valence-electron chi connectivity index (χ2n) is 3.69. The molecule has 0 bridgehead atoms. The van der Waals surface area contributed by atoms with Gasteiger partial charge in [0.2, 0.25) is 0 Å². The number of rotatable bonds is 2. The van der Waals surface area contributed by atoms with Crippen molar-refractivity contribution in [1.29, 1.82) is 0 Å². The number of nitrogens with zero attached hydrogens (tertiary/aromatic N) is 2. The zero-order valence-corrected chi connectivity index (χ0v) is 8.15. The minimum Gasteiger partial charge on any atom is -0.312 e. The zero-order chi connectivity index (χ0) is 9.80. The van der Waals surface area contributed by atoms with Gasteiger partial charge >= 0.3 is 0 Å². The molecule has 1 fully saturated rings. The molecule has 0 aliphatic carbocycles. The Morgan fingerprint density at radius 1 is 1.57 bits per heavy atom. The van der Waals surface area contributed by atoms with E-state index in [2.05, 4.69) is 10.4 Å². The molecule has 1 aromatic rings. The Balaban J connectivity index is 2.03. The minimum atomic E-state index is -0.0140. The van der Waals surface area contributed by atoms with Gasteiger partial charge in [0.25, 0.3) is 5.56 Å². The molecule has 76 valence electrons. The van der Waals surface area contributed by atoms with E-state index in [0.29, 0.717) is 12.6 Å².